The van der Waals surface area contributed by atoms with E-state index >= 15 is 0 Å². The van der Waals surface area contributed by atoms with Gasteiger partial charge in [-0.25, -0.2) is 5.69 Å². The third kappa shape index (κ3) is 21.9. The van der Waals surface area contributed by atoms with Crippen LogP contribution in [-0.2, 0) is 9.53 Å². The molecule has 1 aromatic rings. The molecule has 0 aromatic carbocycles. The fraction of sp³-hybridized carbons (Fsp3) is 0.611. The van der Waals surface area contributed by atoms with Gasteiger partial charge in [0.25, 0.3) is 0 Å². The van der Waals surface area contributed by atoms with E-state index in [1.165, 1.54) is 12.9 Å². The van der Waals surface area contributed by atoms with Gasteiger partial charge >= 0.3 is 51.4 Å². The Labute approximate surface area is 186 Å². The molecule has 0 spiro atoms. The third-order valence-electron chi connectivity index (χ3n) is 1.76. The molecule has 0 bridgehead atoms. The molecule has 0 N–H and O–H groups in total. The van der Waals surface area contributed by atoms with Crippen molar-refractivity contribution in [2.24, 2.45) is 0 Å². The zero-order valence-electron chi connectivity index (χ0n) is 16.8. The van der Waals surface area contributed by atoms with Crippen LogP contribution >= 0.6 is 0 Å². The van der Waals surface area contributed by atoms with Crippen LogP contribution in [0.4, 0.5) is 0 Å². The molecule has 23 heavy (non-hydrogen) atoms. The molecule has 0 aliphatic rings. The average Bonchev–Trinajstić information content (AvgIpc) is 2.38. The molecule has 1 aromatic heterocycles. The van der Waals surface area contributed by atoms with Gasteiger partial charge in [-0.15, -0.1) is 5.69 Å². The first-order chi connectivity index (χ1) is 10.1. The molecule has 0 fully saturated rings. The standard InChI is InChI=1S/C8H10N2.C5H9O2.C3H8.C2H6.K/c1-5-6(2)9-8(4)10-7(5)3;1-5(2,3)7-4-6;1-3-2;1-2;/h1-2H2,3-4H3;1-3H3;3H2,1-2H3;1-2H3;/q-2;-1;;;+1. The first-order valence-electron chi connectivity index (χ1n) is 7.63. The molecule has 0 saturated carbocycles. The maximum Gasteiger partial charge on any atom is 1.00 e. The number of ether oxygens (including phenoxy) is 1. The molecule has 1 heterocycles. The van der Waals surface area contributed by atoms with E-state index in [9.17, 15) is 4.79 Å². The number of carbonyl (C=O) groups excluding carboxylic acids is 1. The van der Waals surface area contributed by atoms with E-state index in [1.807, 2.05) is 27.7 Å². The van der Waals surface area contributed by atoms with Gasteiger partial charge in [0, 0.05) is 0 Å². The molecular formula is C18H33KN2O2-2. The van der Waals surface area contributed by atoms with E-state index in [0.717, 1.165) is 22.8 Å². The summed E-state index contributed by atoms with van der Waals surface area (Å²) in [5, 5.41) is 0. The Morgan fingerprint density at radius 2 is 1.48 bits per heavy atom. The molecule has 0 aliphatic heterocycles. The minimum absolute atomic E-state index is 0. The van der Waals surface area contributed by atoms with Gasteiger partial charge in [0.1, 0.15) is 0 Å². The van der Waals surface area contributed by atoms with E-state index in [1.54, 1.807) is 20.8 Å². The number of hydrogen-bond acceptors (Lipinski definition) is 4. The van der Waals surface area contributed by atoms with Gasteiger partial charge in [0.05, 0.1) is 11.4 Å². The van der Waals surface area contributed by atoms with Gasteiger partial charge < -0.3 is 25.1 Å². The Balaban J connectivity index is -0.000000123. The van der Waals surface area contributed by atoms with E-state index in [2.05, 4.69) is 42.4 Å². The third-order valence-corrected chi connectivity index (χ3v) is 1.76. The summed E-state index contributed by atoms with van der Waals surface area (Å²) in [6, 6.07) is 0. The van der Waals surface area contributed by atoms with Crippen molar-refractivity contribution in [1.82, 2.24) is 9.97 Å². The van der Waals surface area contributed by atoms with Crippen LogP contribution in [0.3, 0.4) is 0 Å². The first kappa shape index (κ1) is 30.8. The molecule has 0 unspecified atom stereocenters. The number of aromatic nitrogens is 2. The van der Waals surface area contributed by atoms with Gasteiger partial charge in [0.15, 0.2) is 0 Å². The second-order valence-electron chi connectivity index (χ2n) is 5.29. The van der Waals surface area contributed by atoms with Crippen LogP contribution in [0.15, 0.2) is 0 Å². The maximum absolute atomic E-state index is 9.47. The molecule has 0 aliphatic carbocycles. The summed E-state index contributed by atoms with van der Waals surface area (Å²) >= 11 is 0. The normalized spacial score (nSPS) is 8.57. The quantitative estimate of drug-likeness (QED) is 0.573. The van der Waals surface area contributed by atoms with E-state index < -0.39 is 0 Å². The summed E-state index contributed by atoms with van der Waals surface area (Å²) in [5.41, 5.74) is 2.11. The van der Waals surface area contributed by atoms with Gasteiger partial charge in [-0.3, -0.25) is 13.8 Å². The van der Waals surface area contributed by atoms with Crippen LogP contribution in [0, 0.1) is 27.7 Å². The van der Waals surface area contributed by atoms with Gasteiger partial charge in [-0.1, -0.05) is 47.5 Å². The molecule has 0 radical (unpaired) electrons. The Morgan fingerprint density at radius 3 is 1.70 bits per heavy atom. The minimum atomic E-state index is -0.373. The number of nitrogens with zero attached hydrogens (tertiary/aromatic N) is 2. The van der Waals surface area contributed by atoms with Crippen LogP contribution in [0.5, 0.6) is 0 Å². The van der Waals surface area contributed by atoms with Crippen molar-refractivity contribution in [2.45, 2.75) is 74.3 Å². The summed E-state index contributed by atoms with van der Waals surface area (Å²) in [4.78, 5) is 17.6. The Hall–Kier alpha value is -0.0736. The maximum atomic E-state index is 9.47. The topological polar surface area (TPSA) is 52.1 Å². The van der Waals surface area contributed by atoms with E-state index in [0.29, 0.717) is 0 Å². The fourth-order valence-electron chi connectivity index (χ4n) is 0.932. The zero-order chi connectivity index (χ0) is 18.3. The first-order valence-corrected chi connectivity index (χ1v) is 7.63. The van der Waals surface area contributed by atoms with Crippen LogP contribution in [0.2, 0.25) is 0 Å². The van der Waals surface area contributed by atoms with Crippen molar-refractivity contribution in [3.8, 4) is 0 Å². The SMILES string of the molecule is CC.CC(C)(C)O[C-]=O.CCC.[CH2-]c1nc(C)nc(C)c1[CH2-].[K+]. The van der Waals surface area contributed by atoms with Gasteiger partial charge in [-0.2, -0.15) is 0 Å². The Kier molecular flexibility index (Phi) is 24.4. The van der Waals surface area contributed by atoms with Crippen LogP contribution < -0.4 is 51.4 Å². The van der Waals surface area contributed by atoms with Crippen LogP contribution in [0.1, 0.15) is 77.7 Å². The van der Waals surface area contributed by atoms with Crippen molar-refractivity contribution in [2.75, 3.05) is 0 Å². The van der Waals surface area contributed by atoms with E-state index in [-0.39, 0.29) is 57.0 Å². The summed E-state index contributed by atoms with van der Waals surface area (Å²) in [6.45, 7) is 26.2. The molecule has 130 valence electrons. The summed E-state index contributed by atoms with van der Waals surface area (Å²) in [6.07, 6.45) is 1.25. The number of hydrogen-bond donors (Lipinski definition) is 0. The second kappa shape index (κ2) is 18.3. The van der Waals surface area contributed by atoms with E-state index in [4.69, 9.17) is 0 Å². The number of aryl methyl sites for hydroxylation is 2. The predicted molar refractivity (Wildman–Crippen MR) is 94.3 cm³/mol. The van der Waals surface area contributed by atoms with Crippen LogP contribution in [0.25, 0.3) is 0 Å². The molecule has 0 saturated heterocycles. The summed E-state index contributed by atoms with van der Waals surface area (Å²) in [7, 11) is 0. The average molecular weight is 349 g/mol. The molecular weight excluding hydrogens is 315 g/mol. The summed E-state index contributed by atoms with van der Waals surface area (Å²) < 4.78 is 4.42. The molecule has 0 atom stereocenters. The van der Waals surface area contributed by atoms with Crippen molar-refractivity contribution < 1.29 is 60.9 Å². The fourth-order valence-corrected chi connectivity index (χ4v) is 0.932. The predicted octanol–water partition coefficient (Wildman–Crippen LogP) is 1.77. The van der Waals surface area contributed by atoms with Gasteiger partial charge in [0.2, 0.25) is 0 Å². The largest absolute Gasteiger partial charge is 1.00 e. The monoisotopic (exact) mass is 348 g/mol. The number of rotatable bonds is 1. The van der Waals surface area contributed by atoms with Crippen molar-refractivity contribution >= 4 is 6.47 Å². The smallest absolute Gasteiger partial charge is 0.649 e. The van der Waals surface area contributed by atoms with Crippen molar-refractivity contribution in [3.63, 3.8) is 0 Å². The van der Waals surface area contributed by atoms with Crippen molar-refractivity contribution in [1.29, 1.82) is 0 Å². The molecule has 4 nitrogen and oxygen atoms in total. The van der Waals surface area contributed by atoms with Crippen LogP contribution in [-0.4, -0.2) is 22.0 Å². The zero-order valence-corrected chi connectivity index (χ0v) is 20.0. The Bertz CT molecular complexity index is 379. The molecule has 1 rings (SSSR count). The molecule has 0 amide bonds. The summed E-state index contributed by atoms with van der Waals surface area (Å²) in [5.74, 6) is 0.759. The second-order valence-corrected chi connectivity index (χ2v) is 5.29. The minimum Gasteiger partial charge on any atom is -0.649 e. The molecule has 5 heteroatoms. The van der Waals surface area contributed by atoms with Crippen molar-refractivity contribution in [3.05, 3.63) is 36.6 Å². The Morgan fingerprint density at radius 1 is 1.09 bits per heavy atom. The van der Waals surface area contributed by atoms with Gasteiger partial charge in [-0.05, 0) is 27.7 Å².